The molecule has 0 N–H and O–H groups in total. The summed E-state index contributed by atoms with van der Waals surface area (Å²) in [6.07, 6.45) is 7.38. The quantitative estimate of drug-likeness (QED) is 0.729. The standard InChI is InChI=1S/C14H19ClN2O2/c15-11-12(16-8-4-5-9-16)14(19)17(13(11)18)10-6-2-1-3-7-10/h10H,1-9H2. The van der Waals surface area contributed by atoms with Gasteiger partial charge in [0.1, 0.15) is 10.7 Å². The number of imide groups is 1. The van der Waals surface area contributed by atoms with E-state index in [1.807, 2.05) is 4.90 Å². The Hall–Kier alpha value is -1.03. The van der Waals surface area contributed by atoms with Crippen LogP contribution in [0.4, 0.5) is 0 Å². The number of halogens is 1. The monoisotopic (exact) mass is 282 g/mol. The molecule has 0 radical (unpaired) electrons. The first-order valence-corrected chi connectivity index (χ1v) is 7.60. The van der Waals surface area contributed by atoms with E-state index in [-0.39, 0.29) is 22.9 Å². The van der Waals surface area contributed by atoms with Gasteiger partial charge in [0, 0.05) is 19.1 Å². The Morgan fingerprint density at radius 1 is 0.895 bits per heavy atom. The van der Waals surface area contributed by atoms with Crippen molar-refractivity contribution in [1.82, 2.24) is 9.80 Å². The topological polar surface area (TPSA) is 40.6 Å². The van der Waals surface area contributed by atoms with Gasteiger partial charge in [-0.25, -0.2) is 0 Å². The number of hydrogen-bond acceptors (Lipinski definition) is 3. The zero-order chi connectivity index (χ0) is 13.4. The van der Waals surface area contributed by atoms with Gasteiger partial charge in [-0.2, -0.15) is 0 Å². The zero-order valence-corrected chi connectivity index (χ0v) is 11.8. The molecular formula is C14H19ClN2O2. The van der Waals surface area contributed by atoms with Gasteiger partial charge in [-0.05, 0) is 25.7 Å². The van der Waals surface area contributed by atoms with E-state index >= 15 is 0 Å². The Morgan fingerprint density at radius 3 is 2.16 bits per heavy atom. The van der Waals surface area contributed by atoms with E-state index in [4.69, 9.17) is 11.6 Å². The highest BCUT2D eigenvalue weighted by atomic mass is 35.5. The van der Waals surface area contributed by atoms with Gasteiger partial charge in [0.25, 0.3) is 11.8 Å². The summed E-state index contributed by atoms with van der Waals surface area (Å²) in [6, 6.07) is 0.0580. The van der Waals surface area contributed by atoms with Crippen molar-refractivity contribution in [3.05, 3.63) is 10.7 Å². The largest absolute Gasteiger partial charge is 0.366 e. The van der Waals surface area contributed by atoms with Gasteiger partial charge in [-0.1, -0.05) is 30.9 Å². The molecule has 4 nitrogen and oxygen atoms in total. The second-order valence-corrected chi connectivity index (χ2v) is 6.01. The number of likely N-dealkylation sites (tertiary alicyclic amines) is 1. The van der Waals surface area contributed by atoms with Gasteiger partial charge >= 0.3 is 0 Å². The summed E-state index contributed by atoms with van der Waals surface area (Å²) in [6.45, 7) is 1.67. The number of carbonyl (C=O) groups is 2. The van der Waals surface area contributed by atoms with Gasteiger partial charge in [-0.3, -0.25) is 14.5 Å². The van der Waals surface area contributed by atoms with E-state index in [9.17, 15) is 9.59 Å². The first-order chi connectivity index (χ1) is 9.20. The van der Waals surface area contributed by atoms with Crippen LogP contribution in [0.15, 0.2) is 10.7 Å². The van der Waals surface area contributed by atoms with Crippen LogP contribution in [0.25, 0.3) is 0 Å². The molecule has 0 spiro atoms. The highest BCUT2D eigenvalue weighted by Crippen LogP contribution is 2.34. The molecule has 2 fully saturated rings. The summed E-state index contributed by atoms with van der Waals surface area (Å²) in [5.74, 6) is -0.440. The lowest BCUT2D eigenvalue weighted by atomic mass is 9.94. The summed E-state index contributed by atoms with van der Waals surface area (Å²) in [5, 5.41) is 0.137. The van der Waals surface area contributed by atoms with E-state index in [1.54, 1.807) is 0 Å². The van der Waals surface area contributed by atoms with Gasteiger partial charge in [0.2, 0.25) is 0 Å². The number of amides is 2. The van der Waals surface area contributed by atoms with E-state index in [0.717, 1.165) is 51.6 Å². The molecule has 1 aliphatic carbocycles. The molecular weight excluding hydrogens is 264 g/mol. The van der Waals surface area contributed by atoms with E-state index in [2.05, 4.69) is 0 Å². The first-order valence-electron chi connectivity index (χ1n) is 7.23. The molecule has 104 valence electrons. The normalized spacial score (nSPS) is 25.9. The Morgan fingerprint density at radius 2 is 1.53 bits per heavy atom. The Balaban J connectivity index is 1.82. The van der Waals surface area contributed by atoms with Crippen molar-refractivity contribution >= 4 is 23.4 Å². The number of nitrogens with zero attached hydrogens (tertiary/aromatic N) is 2. The Bertz CT molecular complexity index is 435. The van der Waals surface area contributed by atoms with E-state index < -0.39 is 0 Å². The van der Waals surface area contributed by atoms with Crippen molar-refractivity contribution in [2.75, 3.05) is 13.1 Å². The fourth-order valence-corrected chi connectivity index (χ4v) is 3.68. The predicted octanol–water partition coefficient (Wildman–Crippen LogP) is 2.23. The van der Waals surface area contributed by atoms with Crippen LogP contribution < -0.4 is 0 Å². The molecule has 0 aromatic rings. The van der Waals surface area contributed by atoms with Crippen molar-refractivity contribution in [1.29, 1.82) is 0 Å². The second-order valence-electron chi connectivity index (χ2n) is 5.63. The SMILES string of the molecule is O=C1C(Cl)=C(N2CCCC2)C(=O)N1C1CCCCC1. The summed E-state index contributed by atoms with van der Waals surface area (Å²) in [4.78, 5) is 28.2. The van der Waals surface area contributed by atoms with Gasteiger partial charge in [0.05, 0.1) is 0 Å². The van der Waals surface area contributed by atoms with Crippen LogP contribution in [0.1, 0.15) is 44.9 Å². The van der Waals surface area contributed by atoms with Crippen molar-refractivity contribution in [2.24, 2.45) is 0 Å². The third-order valence-corrected chi connectivity index (χ3v) is 4.74. The molecule has 0 aromatic heterocycles. The highest BCUT2D eigenvalue weighted by Gasteiger charge is 2.44. The minimum atomic E-state index is -0.277. The molecule has 2 heterocycles. The van der Waals surface area contributed by atoms with Crippen LogP contribution in [0.2, 0.25) is 0 Å². The van der Waals surface area contributed by atoms with Crippen molar-refractivity contribution in [3.8, 4) is 0 Å². The number of hydrogen-bond donors (Lipinski definition) is 0. The average Bonchev–Trinajstić information content (AvgIpc) is 3.00. The third-order valence-electron chi connectivity index (χ3n) is 4.40. The Labute approximate surface area is 118 Å². The van der Waals surface area contributed by atoms with Crippen molar-refractivity contribution in [2.45, 2.75) is 51.0 Å². The van der Waals surface area contributed by atoms with Crippen molar-refractivity contribution < 1.29 is 9.59 Å². The summed E-state index contributed by atoms with van der Waals surface area (Å²) in [7, 11) is 0. The zero-order valence-electron chi connectivity index (χ0n) is 11.0. The number of carbonyl (C=O) groups excluding carboxylic acids is 2. The molecule has 5 heteroatoms. The third kappa shape index (κ3) is 2.16. The number of rotatable bonds is 2. The lowest BCUT2D eigenvalue weighted by Gasteiger charge is -2.30. The summed E-state index contributed by atoms with van der Waals surface area (Å²) in [5.41, 5.74) is 0.453. The molecule has 1 saturated heterocycles. The minimum Gasteiger partial charge on any atom is -0.366 e. The molecule has 0 atom stereocenters. The van der Waals surface area contributed by atoms with Crippen LogP contribution >= 0.6 is 11.6 Å². The molecule has 19 heavy (non-hydrogen) atoms. The molecule has 3 aliphatic rings. The van der Waals surface area contributed by atoms with Gasteiger partial charge < -0.3 is 4.90 Å². The fourth-order valence-electron chi connectivity index (χ4n) is 3.39. The maximum absolute atomic E-state index is 12.5. The Kier molecular flexibility index (Phi) is 3.52. The van der Waals surface area contributed by atoms with Gasteiger partial charge in [0.15, 0.2) is 0 Å². The molecule has 1 saturated carbocycles. The minimum absolute atomic E-state index is 0.0580. The highest BCUT2D eigenvalue weighted by molar-refractivity contribution is 6.47. The van der Waals surface area contributed by atoms with Crippen LogP contribution in [-0.4, -0.2) is 40.7 Å². The summed E-state index contributed by atoms with van der Waals surface area (Å²) < 4.78 is 0. The van der Waals surface area contributed by atoms with Crippen LogP contribution in [0, 0.1) is 0 Å². The second kappa shape index (κ2) is 5.16. The predicted molar refractivity (Wildman–Crippen MR) is 72.4 cm³/mol. The fraction of sp³-hybridized carbons (Fsp3) is 0.714. The lowest BCUT2D eigenvalue weighted by Crippen LogP contribution is -2.43. The lowest BCUT2D eigenvalue weighted by molar-refractivity contribution is -0.141. The molecule has 2 amide bonds. The maximum atomic E-state index is 12.5. The summed E-state index contributed by atoms with van der Waals surface area (Å²) >= 11 is 6.14. The molecule has 0 aromatic carbocycles. The molecule has 3 rings (SSSR count). The maximum Gasteiger partial charge on any atom is 0.279 e. The molecule has 0 unspecified atom stereocenters. The molecule has 2 aliphatic heterocycles. The van der Waals surface area contributed by atoms with Crippen molar-refractivity contribution in [3.63, 3.8) is 0 Å². The first kappa shape index (κ1) is 13.0. The van der Waals surface area contributed by atoms with E-state index in [1.165, 1.54) is 11.3 Å². The van der Waals surface area contributed by atoms with Crippen LogP contribution in [-0.2, 0) is 9.59 Å². The smallest absolute Gasteiger partial charge is 0.279 e. The van der Waals surface area contributed by atoms with E-state index in [0.29, 0.717) is 5.70 Å². The average molecular weight is 283 g/mol. The van der Waals surface area contributed by atoms with Crippen LogP contribution in [0.5, 0.6) is 0 Å². The van der Waals surface area contributed by atoms with Crippen LogP contribution in [0.3, 0.4) is 0 Å². The molecule has 0 bridgehead atoms. The van der Waals surface area contributed by atoms with Gasteiger partial charge in [-0.15, -0.1) is 0 Å².